The molecule has 46 heavy (non-hydrogen) atoms. The van der Waals surface area contributed by atoms with Crippen molar-refractivity contribution in [3.05, 3.63) is 140 Å². The van der Waals surface area contributed by atoms with E-state index in [0.717, 1.165) is 33.3 Å². The first-order valence-electron chi connectivity index (χ1n) is 15.5. The third kappa shape index (κ3) is 3.01. The molecule has 0 fully saturated rings. The maximum absolute atomic E-state index is 5.21. The van der Waals surface area contributed by atoms with Crippen LogP contribution in [0.1, 0.15) is 0 Å². The monoisotopic (exact) mass is 585 g/mol. The Morgan fingerprint density at radius 2 is 1.24 bits per heavy atom. The molecule has 212 valence electrons. The highest BCUT2D eigenvalue weighted by Gasteiger charge is 2.21. The summed E-state index contributed by atoms with van der Waals surface area (Å²) >= 11 is 0. The van der Waals surface area contributed by atoms with E-state index in [0.29, 0.717) is 5.95 Å². The summed E-state index contributed by atoms with van der Waals surface area (Å²) in [5.74, 6) is 0.637. The largest absolute Gasteiger partial charge is 0.308 e. The van der Waals surface area contributed by atoms with Gasteiger partial charge in [0, 0.05) is 44.1 Å². The molecule has 0 aliphatic rings. The zero-order valence-electron chi connectivity index (χ0n) is 24.5. The predicted molar refractivity (Wildman–Crippen MR) is 189 cm³/mol. The lowest BCUT2D eigenvalue weighted by atomic mass is 10.00. The topological polar surface area (TPSA) is 48.0 Å². The second-order valence-corrected chi connectivity index (χ2v) is 12.1. The van der Waals surface area contributed by atoms with Gasteiger partial charge in [-0.15, -0.1) is 0 Å². The molecule has 0 saturated carbocycles. The number of hydrogen-bond donors (Lipinski definition) is 0. The Labute approximate surface area is 261 Å². The van der Waals surface area contributed by atoms with Gasteiger partial charge in [0.1, 0.15) is 11.2 Å². The van der Waals surface area contributed by atoms with Crippen molar-refractivity contribution in [3.63, 3.8) is 0 Å². The van der Waals surface area contributed by atoms with Crippen LogP contribution in [0, 0.1) is 0 Å². The maximum Gasteiger partial charge on any atom is 0.235 e. The van der Waals surface area contributed by atoms with Crippen LogP contribution in [-0.4, -0.2) is 23.9 Å². The fraction of sp³-hybridized carbons (Fsp3) is 0. The van der Waals surface area contributed by atoms with Gasteiger partial charge >= 0.3 is 0 Å². The predicted octanol–water partition coefficient (Wildman–Crippen LogP) is 10.1. The van der Waals surface area contributed by atoms with Crippen molar-refractivity contribution in [2.75, 3.05) is 0 Å². The molecule has 5 heterocycles. The molecular formula is C41H23N5. The van der Waals surface area contributed by atoms with Gasteiger partial charge in [-0.2, -0.15) is 0 Å². The molecule has 0 saturated heterocycles. The van der Waals surface area contributed by atoms with Crippen molar-refractivity contribution in [1.82, 2.24) is 23.9 Å². The molecule has 0 unspecified atom stereocenters. The molecule has 0 atom stereocenters. The van der Waals surface area contributed by atoms with E-state index < -0.39 is 0 Å². The molecule has 5 nitrogen and oxygen atoms in total. The summed E-state index contributed by atoms with van der Waals surface area (Å²) < 4.78 is 4.66. The van der Waals surface area contributed by atoms with Crippen LogP contribution in [-0.2, 0) is 0 Å². The smallest absolute Gasteiger partial charge is 0.235 e. The molecule has 11 rings (SSSR count). The number of aromatic nitrogens is 5. The second-order valence-electron chi connectivity index (χ2n) is 12.1. The summed E-state index contributed by atoms with van der Waals surface area (Å²) in [6.45, 7) is 0. The highest BCUT2D eigenvalue weighted by atomic mass is 15.2. The van der Waals surface area contributed by atoms with Gasteiger partial charge < -0.3 is 4.40 Å². The van der Waals surface area contributed by atoms with Crippen molar-refractivity contribution >= 4 is 81.7 Å². The summed E-state index contributed by atoms with van der Waals surface area (Å²) in [4.78, 5) is 15.0. The van der Waals surface area contributed by atoms with Crippen molar-refractivity contribution in [2.45, 2.75) is 0 Å². The molecule has 5 aromatic heterocycles. The molecule has 6 aromatic carbocycles. The SMILES string of the molecule is c1ccc(-c2nc(-n3c4ccccc4c4cc5c(ccc6c5c5cccc7c8ccccc8n6c75)cc43)nc3cccnc23)cc1. The Bertz CT molecular complexity index is 3020. The average molecular weight is 586 g/mol. The normalized spacial score (nSPS) is 12.3. The van der Waals surface area contributed by atoms with Gasteiger partial charge in [0.2, 0.25) is 5.95 Å². The number of para-hydroxylation sites is 3. The van der Waals surface area contributed by atoms with Crippen LogP contribution in [0.5, 0.6) is 0 Å². The average Bonchev–Trinajstić information content (AvgIpc) is 3.76. The van der Waals surface area contributed by atoms with Crippen molar-refractivity contribution < 1.29 is 0 Å². The van der Waals surface area contributed by atoms with Crippen LogP contribution < -0.4 is 0 Å². The first-order valence-corrected chi connectivity index (χ1v) is 15.5. The minimum absolute atomic E-state index is 0.637. The fourth-order valence-corrected chi connectivity index (χ4v) is 7.78. The molecule has 5 heteroatoms. The van der Waals surface area contributed by atoms with Crippen LogP contribution in [0.3, 0.4) is 0 Å². The number of benzene rings is 6. The Kier molecular flexibility index (Phi) is 4.52. The molecule has 0 N–H and O–H groups in total. The number of nitrogens with zero attached hydrogens (tertiary/aromatic N) is 5. The van der Waals surface area contributed by atoms with Crippen LogP contribution in [0.15, 0.2) is 140 Å². The van der Waals surface area contributed by atoms with Gasteiger partial charge in [-0.05, 0) is 53.2 Å². The van der Waals surface area contributed by atoms with E-state index in [-0.39, 0.29) is 0 Å². The van der Waals surface area contributed by atoms with E-state index in [1.807, 2.05) is 36.5 Å². The lowest BCUT2D eigenvalue weighted by molar-refractivity contribution is 1.01. The van der Waals surface area contributed by atoms with Gasteiger partial charge in [-0.25, -0.2) is 9.97 Å². The summed E-state index contributed by atoms with van der Waals surface area (Å²) in [5, 5.41) is 9.97. The van der Waals surface area contributed by atoms with Crippen LogP contribution >= 0.6 is 0 Å². The van der Waals surface area contributed by atoms with E-state index >= 15 is 0 Å². The van der Waals surface area contributed by atoms with E-state index in [1.54, 1.807) is 0 Å². The lowest BCUT2D eigenvalue weighted by Crippen LogP contribution is -2.04. The van der Waals surface area contributed by atoms with E-state index in [9.17, 15) is 0 Å². The second kappa shape index (κ2) is 8.65. The van der Waals surface area contributed by atoms with Gasteiger partial charge in [-0.1, -0.05) is 91.0 Å². The Hall–Kier alpha value is -6.33. The minimum Gasteiger partial charge on any atom is -0.308 e. The van der Waals surface area contributed by atoms with E-state index in [4.69, 9.17) is 15.0 Å². The van der Waals surface area contributed by atoms with Crippen molar-refractivity contribution in [2.24, 2.45) is 0 Å². The molecule has 11 aromatic rings. The summed E-state index contributed by atoms with van der Waals surface area (Å²) in [6, 6.07) is 47.5. The molecular weight excluding hydrogens is 562 g/mol. The molecule has 0 aliphatic carbocycles. The van der Waals surface area contributed by atoms with Crippen molar-refractivity contribution in [1.29, 1.82) is 0 Å². The third-order valence-corrected chi connectivity index (χ3v) is 9.69. The van der Waals surface area contributed by atoms with Crippen LogP contribution in [0.4, 0.5) is 0 Å². The molecule has 0 aliphatic heterocycles. The van der Waals surface area contributed by atoms with Gasteiger partial charge in [0.25, 0.3) is 0 Å². The Balaban J connectivity index is 1.27. The van der Waals surface area contributed by atoms with E-state index in [2.05, 4.69) is 112 Å². The Morgan fingerprint density at radius 3 is 2.13 bits per heavy atom. The quantitative estimate of drug-likeness (QED) is 0.203. The van der Waals surface area contributed by atoms with Crippen LogP contribution in [0.2, 0.25) is 0 Å². The van der Waals surface area contributed by atoms with Gasteiger partial charge in [0.15, 0.2) is 0 Å². The number of fused-ring (bicyclic) bond motifs is 12. The summed E-state index contributed by atoms with van der Waals surface area (Å²) in [5.41, 5.74) is 9.39. The number of pyridine rings is 1. The zero-order valence-corrected chi connectivity index (χ0v) is 24.5. The number of rotatable bonds is 2. The Morgan fingerprint density at radius 1 is 0.478 bits per heavy atom. The minimum atomic E-state index is 0.637. The third-order valence-electron chi connectivity index (χ3n) is 9.69. The van der Waals surface area contributed by atoms with Crippen molar-refractivity contribution in [3.8, 4) is 17.2 Å². The highest BCUT2D eigenvalue weighted by Crippen LogP contribution is 2.43. The lowest BCUT2D eigenvalue weighted by Gasteiger charge is -2.11. The van der Waals surface area contributed by atoms with E-state index in [1.165, 1.54) is 59.6 Å². The maximum atomic E-state index is 5.21. The first-order chi connectivity index (χ1) is 22.8. The van der Waals surface area contributed by atoms with Gasteiger partial charge in [-0.3, -0.25) is 9.55 Å². The highest BCUT2D eigenvalue weighted by molar-refractivity contribution is 6.30. The first kappa shape index (κ1) is 24.0. The molecule has 0 bridgehead atoms. The fourth-order valence-electron chi connectivity index (χ4n) is 7.78. The van der Waals surface area contributed by atoms with Gasteiger partial charge in [0.05, 0.1) is 33.1 Å². The summed E-state index contributed by atoms with van der Waals surface area (Å²) in [6.07, 6.45) is 1.81. The zero-order chi connectivity index (χ0) is 29.9. The molecule has 0 radical (unpaired) electrons. The molecule has 0 amide bonds. The standard InChI is InChI=1S/C41H23N5/c1-2-10-24(11-3-1)38-39-32(16-9-21-42-39)43-41(44-38)46-34-18-7-5-13-27(34)31-23-30-25(22-36(31)46)19-20-35-37(30)29-15-8-14-28-26-12-4-6-17-33(26)45(35)40(28)29/h1-23H. The van der Waals surface area contributed by atoms with Crippen LogP contribution in [0.25, 0.3) is 98.9 Å². The number of hydrogen-bond acceptors (Lipinski definition) is 3. The summed E-state index contributed by atoms with van der Waals surface area (Å²) in [7, 11) is 0. The molecule has 0 spiro atoms.